The monoisotopic (exact) mass is 296 g/mol. The predicted molar refractivity (Wildman–Crippen MR) is 85.8 cm³/mol. The van der Waals surface area contributed by atoms with Gasteiger partial charge in [-0.1, -0.05) is 60.7 Å². The van der Waals surface area contributed by atoms with E-state index in [0.29, 0.717) is 12.5 Å². The predicted octanol–water partition coefficient (Wildman–Crippen LogP) is 2.98. The highest BCUT2D eigenvalue weighted by Crippen LogP contribution is 2.33. The first-order valence-electron chi connectivity index (χ1n) is 7.55. The first-order chi connectivity index (χ1) is 10.7. The Hall–Kier alpha value is -2.33. The van der Waals surface area contributed by atoms with Crippen LogP contribution in [0.25, 0.3) is 0 Å². The first-order valence-corrected chi connectivity index (χ1v) is 7.55. The number of hydrogen-bond acceptors (Lipinski definition) is 2. The zero-order valence-electron chi connectivity index (χ0n) is 12.4. The fraction of sp³-hybridized carbons (Fsp3) is 0.278. The molecule has 0 atom stereocenters. The number of benzene rings is 2. The number of amides is 1. The number of hydrogen-bond donors (Lipinski definition) is 2. The minimum Gasteiger partial charge on any atom is -0.465 e. The van der Waals surface area contributed by atoms with E-state index in [4.69, 9.17) is 5.11 Å². The fourth-order valence-corrected chi connectivity index (χ4v) is 3.07. The van der Waals surface area contributed by atoms with Crippen molar-refractivity contribution in [1.82, 2.24) is 10.2 Å². The highest BCUT2D eigenvalue weighted by molar-refractivity contribution is 5.64. The molecule has 4 heteroatoms. The summed E-state index contributed by atoms with van der Waals surface area (Å²) in [7, 11) is 0. The summed E-state index contributed by atoms with van der Waals surface area (Å²) in [5.74, 6) is 0.394. The number of carboxylic acid groups (broad SMARTS) is 1. The Kier molecular flexibility index (Phi) is 4.39. The molecular formula is C18H20N2O2. The Morgan fingerprint density at radius 1 is 1.05 bits per heavy atom. The number of likely N-dealkylation sites (tertiary alicyclic amines) is 1. The van der Waals surface area contributed by atoms with Gasteiger partial charge in [0.05, 0.1) is 6.04 Å². The van der Waals surface area contributed by atoms with E-state index in [2.05, 4.69) is 58.7 Å². The average molecular weight is 296 g/mol. The van der Waals surface area contributed by atoms with Crippen LogP contribution in [0.3, 0.4) is 0 Å². The molecule has 0 unspecified atom stereocenters. The highest BCUT2D eigenvalue weighted by atomic mass is 16.4. The van der Waals surface area contributed by atoms with Crippen molar-refractivity contribution >= 4 is 6.09 Å². The van der Waals surface area contributed by atoms with Crippen LogP contribution in [0.2, 0.25) is 0 Å². The summed E-state index contributed by atoms with van der Waals surface area (Å²) in [6.07, 6.45) is -0.943. The van der Waals surface area contributed by atoms with Gasteiger partial charge in [-0.25, -0.2) is 4.79 Å². The Bertz CT molecular complexity index is 570. The standard InChI is InChI=1S/C18H20N2O2/c21-18(22)19-11-14-12-20(13-14)17(15-7-3-1-4-8-15)16-9-5-2-6-10-16/h1-10,14,17,19H,11-13H2,(H,21,22). The molecule has 0 aliphatic carbocycles. The van der Waals surface area contributed by atoms with Crippen molar-refractivity contribution in [3.05, 3.63) is 71.8 Å². The Morgan fingerprint density at radius 3 is 2.00 bits per heavy atom. The first kappa shape index (κ1) is 14.6. The molecule has 1 aliphatic heterocycles. The van der Waals surface area contributed by atoms with E-state index in [0.717, 1.165) is 13.1 Å². The van der Waals surface area contributed by atoms with Crippen LogP contribution in [-0.4, -0.2) is 35.7 Å². The van der Waals surface area contributed by atoms with Gasteiger partial charge >= 0.3 is 6.09 Å². The minimum absolute atomic E-state index is 0.239. The third-order valence-electron chi connectivity index (χ3n) is 4.12. The molecule has 0 spiro atoms. The lowest BCUT2D eigenvalue weighted by Gasteiger charge is -2.44. The SMILES string of the molecule is O=C(O)NCC1CN(C(c2ccccc2)c2ccccc2)C1. The molecular weight excluding hydrogens is 276 g/mol. The smallest absolute Gasteiger partial charge is 0.404 e. The molecule has 1 amide bonds. The molecule has 3 rings (SSSR count). The molecule has 1 heterocycles. The van der Waals surface area contributed by atoms with Crippen molar-refractivity contribution in [3.8, 4) is 0 Å². The van der Waals surface area contributed by atoms with Gasteiger partial charge in [0.1, 0.15) is 0 Å². The second kappa shape index (κ2) is 6.62. The quantitative estimate of drug-likeness (QED) is 0.892. The Balaban J connectivity index is 1.73. The third kappa shape index (κ3) is 3.28. The molecule has 1 saturated heterocycles. The van der Waals surface area contributed by atoms with Gasteiger partial charge in [-0.15, -0.1) is 0 Å². The molecule has 0 aromatic heterocycles. The van der Waals surface area contributed by atoms with Crippen molar-refractivity contribution in [3.63, 3.8) is 0 Å². The Labute approximate surface area is 130 Å². The van der Waals surface area contributed by atoms with Crippen LogP contribution in [0, 0.1) is 5.92 Å². The normalized spacial score (nSPS) is 15.5. The minimum atomic E-state index is -0.943. The molecule has 0 radical (unpaired) electrons. The van der Waals surface area contributed by atoms with Crippen LogP contribution in [0.5, 0.6) is 0 Å². The lowest BCUT2D eigenvalue weighted by Crippen LogP contribution is -2.52. The summed E-state index contributed by atoms with van der Waals surface area (Å²) in [5, 5.41) is 11.2. The van der Waals surface area contributed by atoms with Crippen molar-refractivity contribution in [2.24, 2.45) is 5.92 Å². The van der Waals surface area contributed by atoms with Gasteiger partial charge in [0, 0.05) is 25.6 Å². The van der Waals surface area contributed by atoms with Crippen molar-refractivity contribution in [1.29, 1.82) is 0 Å². The van der Waals surface area contributed by atoms with Gasteiger partial charge in [-0.05, 0) is 11.1 Å². The summed E-state index contributed by atoms with van der Waals surface area (Å²) in [4.78, 5) is 13.0. The summed E-state index contributed by atoms with van der Waals surface area (Å²) in [6, 6.07) is 21.2. The second-order valence-electron chi connectivity index (χ2n) is 5.73. The average Bonchev–Trinajstić information content (AvgIpc) is 2.51. The molecule has 0 bridgehead atoms. The molecule has 114 valence electrons. The summed E-state index contributed by atoms with van der Waals surface area (Å²) >= 11 is 0. The molecule has 0 saturated carbocycles. The third-order valence-corrected chi connectivity index (χ3v) is 4.12. The molecule has 1 fully saturated rings. The van der Waals surface area contributed by atoms with Crippen LogP contribution in [0.1, 0.15) is 17.2 Å². The van der Waals surface area contributed by atoms with Gasteiger partial charge in [0.2, 0.25) is 0 Å². The largest absolute Gasteiger partial charge is 0.465 e. The van der Waals surface area contributed by atoms with Crippen LogP contribution in [0.4, 0.5) is 4.79 Å². The van der Waals surface area contributed by atoms with E-state index in [-0.39, 0.29) is 6.04 Å². The zero-order valence-corrected chi connectivity index (χ0v) is 12.4. The van der Waals surface area contributed by atoms with Crippen molar-refractivity contribution in [2.75, 3.05) is 19.6 Å². The molecule has 1 aliphatic rings. The highest BCUT2D eigenvalue weighted by Gasteiger charge is 2.33. The van der Waals surface area contributed by atoms with Crippen molar-refractivity contribution in [2.45, 2.75) is 6.04 Å². The summed E-state index contributed by atoms with van der Waals surface area (Å²) < 4.78 is 0. The summed E-state index contributed by atoms with van der Waals surface area (Å²) in [5.41, 5.74) is 2.55. The van der Waals surface area contributed by atoms with Gasteiger partial charge in [-0.2, -0.15) is 0 Å². The number of carbonyl (C=O) groups is 1. The maximum Gasteiger partial charge on any atom is 0.404 e. The molecule has 2 aromatic rings. The maximum absolute atomic E-state index is 10.6. The van der Waals surface area contributed by atoms with E-state index < -0.39 is 6.09 Å². The van der Waals surface area contributed by atoms with Crippen LogP contribution in [0.15, 0.2) is 60.7 Å². The van der Waals surface area contributed by atoms with E-state index >= 15 is 0 Å². The Morgan fingerprint density at radius 2 is 1.55 bits per heavy atom. The van der Waals surface area contributed by atoms with E-state index in [1.807, 2.05) is 12.1 Å². The zero-order chi connectivity index (χ0) is 15.4. The van der Waals surface area contributed by atoms with E-state index in [9.17, 15) is 4.79 Å². The molecule has 4 nitrogen and oxygen atoms in total. The van der Waals surface area contributed by atoms with Gasteiger partial charge in [0.15, 0.2) is 0 Å². The van der Waals surface area contributed by atoms with Gasteiger partial charge in [-0.3, -0.25) is 4.90 Å². The second-order valence-corrected chi connectivity index (χ2v) is 5.73. The van der Waals surface area contributed by atoms with Crippen molar-refractivity contribution < 1.29 is 9.90 Å². The maximum atomic E-state index is 10.6. The topological polar surface area (TPSA) is 52.6 Å². The number of rotatable bonds is 5. The molecule has 22 heavy (non-hydrogen) atoms. The lowest BCUT2D eigenvalue weighted by molar-refractivity contribution is 0.0681. The number of nitrogens with one attached hydrogen (secondary N) is 1. The van der Waals surface area contributed by atoms with Crippen LogP contribution in [-0.2, 0) is 0 Å². The summed E-state index contributed by atoms with van der Waals surface area (Å²) in [6.45, 7) is 2.35. The van der Waals surface area contributed by atoms with Gasteiger partial charge < -0.3 is 10.4 Å². The van der Waals surface area contributed by atoms with E-state index in [1.54, 1.807) is 0 Å². The van der Waals surface area contributed by atoms with E-state index in [1.165, 1.54) is 11.1 Å². The van der Waals surface area contributed by atoms with Crippen LogP contribution < -0.4 is 5.32 Å². The number of nitrogens with zero attached hydrogens (tertiary/aromatic N) is 1. The van der Waals surface area contributed by atoms with Crippen LogP contribution >= 0.6 is 0 Å². The fourth-order valence-electron chi connectivity index (χ4n) is 3.07. The van der Waals surface area contributed by atoms with Gasteiger partial charge in [0.25, 0.3) is 0 Å². The molecule has 2 aromatic carbocycles. The molecule has 2 N–H and O–H groups in total. The lowest BCUT2D eigenvalue weighted by atomic mass is 9.90.